The van der Waals surface area contributed by atoms with Crippen molar-refractivity contribution in [2.45, 2.75) is 6.42 Å². The van der Waals surface area contributed by atoms with E-state index in [-0.39, 0.29) is 5.91 Å². The molecule has 5 nitrogen and oxygen atoms in total. The van der Waals surface area contributed by atoms with Gasteiger partial charge in [0.25, 0.3) is 5.91 Å². The van der Waals surface area contributed by atoms with Gasteiger partial charge in [0.15, 0.2) is 0 Å². The van der Waals surface area contributed by atoms with Gasteiger partial charge in [-0.15, -0.1) is 0 Å². The second kappa shape index (κ2) is 5.16. The molecule has 1 aliphatic heterocycles. The zero-order valence-corrected chi connectivity index (χ0v) is 12.5. The molecule has 0 N–H and O–H groups in total. The number of likely N-dealkylation sites (N-methyl/N-ethyl adjacent to an activating group) is 1. The summed E-state index contributed by atoms with van der Waals surface area (Å²) in [5.74, 6) is 0.949. The minimum atomic E-state index is -0.0919. The van der Waals surface area contributed by atoms with Gasteiger partial charge in [0.2, 0.25) is 0 Å². The van der Waals surface area contributed by atoms with Crippen LogP contribution < -0.4 is 4.90 Å². The fourth-order valence-corrected chi connectivity index (χ4v) is 2.51. The Morgan fingerprint density at radius 1 is 1.33 bits per heavy atom. The predicted octanol–water partition coefficient (Wildman–Crippen LogP) is 1.84. The third kappa shape index (κ3) is 2.46. The lowest BCUT2D eigenvalue weighted by Gasteiger charge is -2.12. The molecule has 2 aromatic heterocycles. The Morgan fingerprint density at radius 3 is 2.90 bits per heavy atom. The van der Waals surface area contributed by atoms with Gasteiger partial charge in [-0.25, -0.2) is 9.97 Å². The lowest BCUT2D eigenvalue weighted by Crippen LogP contribution is -2.22. The molecule has 0 unspecified atom stereocenters. The predicted molar refractivity (Wildman–Crippen MR) is 82.5 cm³/mol. The molecule has 1 amide bonds. The van der Waals surface area contributed by atoms with E-state index in [4.69, 9.17) is 0 Å². The minimum Gasteiger partial charge on any atom is -0.359 e. The molecule has 0 saturated carbocycles. The molecule has 0 fully saturated rings. The summed E-state index contributed by atoms with van der Waals surface area (Å²) >= 11 is 0. The van der Waals surface area contributed by atoms with Gasteiger partial charge in [-0.05, 0) is 30.2 Å². The molecule has 0 radical (unpaired) electrons. The average Bonchev–Trinajstić information content (AvgIpc) is 2.87. The van der Waals surface area contributed by atoms with Crippen LogP contribution in [0.2, 0.25) is 0 Å². The van der Waals surface area contributed by atoms with E-state index in [0.717, 1.165) is 30.0 Å². The molecular formula is C16H18N4O. The van der Waals surface area contributed by atoms with Crippen LogP contribution in [-0.2, 0) is 6.42 Å². The Hall–Kier alpha value is -2.43. The van der Waals surface area contributed by atoms with Crippen molar-refractivity contribution in [3.63, 3.8) is 0 Å². The zero-order chi connectivity index (χ0) is 15.0. The van der Waals surface area contributed by atoms with Crippen LogP contribution >= 0.6 is 0 Å². The third-order valence-electron chi connectivity index (χ3n) is 3.69. The van der Waals surface area contributed by atoms with Gasteiger partial charge < -0.3 is 9.80 Å². The fraction of sp³-hybridized carbons (Fsp3) is 0.312. The summed E-state index contributed by atoms with van der Waals surface area (Å²) < 4.78 is 0. The molecule has 0 aliphatic carbocycles. The van der Waals surface area contributed by atoms with Crippen LogP contribution in [0.3, 0.4) is 0 Å². The first kappa shape index (κ1) is 13.5. The zero-order valence-electron chi connectivity index (χ0n) is 12.5. The topological polar surface area (TPSA) is 49.3 Å². The van der Waals surface area contributed by atoms with Crippen LogP contribution in [0, 0.1) is 0 Å². The van der Waals surface area contributed by atoms with Crippen molar-refractivity contribution in [2.24, 2.45) is 0 Å². The van der Waals surface area contributed by atoms with E-state index in [9.17, 15) is 4.79 Å². The van der Waals surface area contributed by atoms with Crippen LogP contribution in [0.5, 0.6) is 0 Å². The molecule has 0 saturated heterocycles. The second-order valence-electron chi connectivity index (χ2n) is 5.49. The van der Waals surface area contributed by atoms with Crippen molar-refractivity contribution < 1.29 is 4.79 Å². The van der Waals surface area contributed by atoms with Crippen LogP contribution in [-0.4, -0.2) is 48.5 Å². The third-order valence-corrected chi connectivity index (χ3v) is 3.69. The highest BCUT2D eigenvalue weighted by Crippen LogP contribution is 2.28. The quantitative estimate of drug-likeness (QED) is 0.843. The lowest BCUT2D eigenvalue weighted by atomic mass is 10.1. The Bertz CT molecular complexity index is 696. The Balaban J connectivity index is 1.98. The number of aromatic nitrogens is 2. The maximum Gasteiger partial charge on any atom is 0.271 e. The highest BCUT2D eigenvalue weighted by molar-refractivity contribution is 5.92. The molecule has 3 heterocycles. The molecule has 1 aliphatic rings. The number of anilines is 1. The van der Waals surface area contributed by atoms with Crippen LogP contribution in [0.4, 0.5) is 5.82 Å². The number of fused-ring (bicyclic) bond motifs is 1. The summed E-state index contributed by atoms with van der Waals surface area (Å²) in [6.45, 7) is 0.998. The molecule has 0 aromatic carbocycles. The maximum absolute atomic E-state index is 12.0. The molecule has 3 rings (SSSR count). The summed E-state index contributed by atoms with van der Waals surface area (Å²) in [5.41, 5.74) is 3.43. The van der Waals surface area contributed by atoms with Gasteiger partial charge in [-0.3, -0.25) is 4.79 Å². The van der Waals surface area contributed by atoms with Crippen LogP contribution in [0.15, 0.2) is 30.5 Å². The largest absolute Gasteiger partial charge is 0.359 e. The van der Waals surface area contributed by atoms with E-state index in [0.29, 0.717) is 5.69 Å². The van der Waals surface area contributed by atoms with Crippen molar-refractivity contribution >= 4 is 11.7 Å². The van der Waals surface area contributed by atoms with Crippen LogP contribution in [0.1, 0.15) is 16.1 Å². The summed E-state index contributed by atoms with van der Waals surface area (Å²) in [6.07, 6.45) is 2.83. The van der Waals surface area contributed by atoms with Crippen LogP contribution in [0.25, 0.3) is 11.3 Å². The van der Waals surface area contributed by atoms with E-state index in [2.05, 4.69) is 20.9 Å². The van der Waals surface area contributed by atoms with E-state index < -0.39 is 0 Å². The first-order valence-electron chi connectivity index (χ1n) is 6.95. The summed E-state index contributed by atoms with van der Waals surface area (Å²) in [5, 5.41) is 0. The molecule has 108 valence electrons. The Morgan fingerprint density at radius 2 is 2.14 bits per heavy atom. The number of carbonyl (C=O) groups is 1. The first-order valence-corrected chi connectivity index (χ1v) is 6.95. The molecule has 21 heavy (non-hydrogen) atoms. The average molecular weight is 282 g/mol. The number of rotatable bonds is 2. The van der Waals surface area contributed by atoms with Gasteiger partial charge in [-0.2, -0.15) is 0 Å². The first-order chi connectivity index (χ1) is 10.1. The molecule has 0 bridgehead atoms. The van der Waals surface area contributed by atoms with E-state index >= 15 is 0 Å². The van der Waals surface area contributed by atoms with Crippen molar-refractivity contribution in [1.29, 1.82) is 0 Å². The maximum atomic E-state index is 12.0. The monoisotopic (exact) mass is 282 g/mol. The summed E-state index contributed by atoms with van der Waals surface area (Å²) in [7, 11) is 5.50. The number of nitrogens with zero attached hydrogens (tertiary/aromatic N) is 4. The van der Waals surface area contributed by atoms with Crippen molar-refractivity contribution in [2.75, 3.05) is 32.6 Å². The molecule has 0 spiro atoms. The van der Waals surface area contributed by atoms with Gasteiger partial charge >= 0.3 is 0 Å². The Kier molecular flexibility index (Phi) is 3.33. The smallest absolute Gasteiger partial charge is 0.271 e. The van der Waals surface area contributed by atoms with Gasteiger partial charge in [0, 0.05) is 39.4 Å². The molecule has 2 aromatic rings. The molecular weight excluding hydrogens is 264 g/mol. The van der Waals surface area contributed by atoms with Gasteiger partial charge in [0.1, 0.15) is 11.5 Å². The van der Waals surface area contributed by atoms with E-state index in [1.807, 2.05) is 25.4 Å². The highest BCUT2D eigenvalue weighted by Gasteiger charge is 2.18. The minimum absolute atomic E-state index is 0.0919. The lowest BCUT2D eigenvalue weighted by molar-refractivity contribution is 0.0822. The summed E-state index contributed by atoms with van der Waals surface area (Å²) in [6, 6.07) is 7.63. The number of carbonyl (C=O) groups excluding carboxylic acids is 1. The second-order valence-corrected chi connectivity index (χ2v) is 5.49. The summed E-state index contributed by atoms with van der Waals surface area (Å²) in [4.78, 5) is 24.7. The molecule has 5 heteroatoms. The number of pyridine rings is 2. The van der Waals surface area contributed by atoms with E-state index in [1.165, 1.54) is 10.5 Å². The van der Waals surface area contributed by atoms with Crippen molar-refractivity contribution in [3.05, 3.63) is 41.7 Å². The molecule has 0 atom stereocenters. The number of hydrogen-bond acceptors (Lipinski definition) is 4. The standard InChI is InChI=1S/C16H18N4O/c1-19(2)16(21)14-6-4-5-13(18-14)12-9-11-7-8-20(3)15(11)17-10-12/h4-6,9-10H,7-8H2,1-3H3. The normalized spacial score (nSPS) is 13.2. The Labute approximate surface area is 124 Å². The number of hydrogen-bond donors (Lipinski definition) is 0. The highest BCUT2D eigenvalue weighted by atomic mass is 16.2. The fourth-order valence-electron chi connectivity index (χ4n) is 2.51. The van der Waals surface area contributed by atoms with Crippen molar-refractivity contribution in [3.8, 4) is 11.3 Å². The van der Waals surface area contributed by atoms with Gasteiger partial charge in [-0.1, -0.05) is 6.07 Å². The van der Waals surface area contributed by atoms with Crippen molar-refractivity contribution in [1.82, 2.24) is 14.9 Å². The SMILES string of the molecule is CN(C)C(=O)c1cccc(-c2cnc3c(c2)CCN3C)n1. The van der Waals surface area contributed by atoms with Gasteiger partial charge in [0.05, 0.1) is 5.69 Å². The number of amides is 1. The van der Waals surface area contributed by atoms with E-state index in [1.54, 1.807) is 20.2 Å².